The van der Waals surface area contributed by atoms with Crippen molar-refractivity contribution in [3.63, 3.8) is 0 Å². The fourth-order valence-corrected chi connectivity index (χ4v) is 6.72. The van der Waals surface area contributed by atoms with E-state index in [0.717, 1.165) is 24.3 Å². The monoisotopic (exact) mass is 477 g/mol. The number of rotatable bonds is 5. The van der Waals surface area contributed by atoms with Crippen molar-refractivity contribution in [2.75, 3.05) is 7.05 Å². The number of ether oxygens (including phenoxy) is 1. The summed E-state index contributed by atoms with van der Waals surface area (Å²) in [4.78, 5) is 33.3. The van der Waals surface area contributed by atoms with Gasteiger partial charge in [-0.3, -0.25) is 14.2 Å². The number of carbonyl (C=O) groups excluding carboxylic acids is 1. The molecule has 2 aliphatic rings. The lowest BCUT2D eigenvalue weighted by Gasteiger charge is -2.36. The second kappa shape index (κ2) is 8.20. The molecule has 2 aliphatic heterocycles. The van der Waals surface area contributed by atoms with Crippen LogP contribution >= 0.6 is 22.7 Å². The molecule has 0 saturated carbocycles. The Balaban J connectivity index is 1.23. The molecular formula is C25H23N3O3S2. The zero-order valence-electron chi connectivity index (χ0n) is 18.1. The second-order valence-corrected chi connectivity index (χ2v) is 10.7. The summed E-state index contributed by atoms with van der Waals surface area (Å²) in [5.41, 5.74) is 1.75. The van der Waals surface area contributed by atoms with E-state index in [-0.39, 0.29) is 17.4 Å². The number of thiophene rings is 2. The molecule has 6 nitrogen and oxygen atoms in total. The number of carbonyl (C=O) groups is 1. The first-order valence-electron chi connectivity index (χ1n) is 11.1. The summed E-state index contributed by atoms with van der Waals surface area (Å²) >= 11 is 2.68. The van der Waals surface area contributed by atoms with E-state index in [1.807, 2.05) is 35.0 Å². The number of hydrogen-bond donors (Lipinski definition) is 0. The maximum absolute atomic E-state index is 13.2. The molecule has 8 heteroatoms. The molecular weight excluding hydrogens is 454 g/mol. The molecule has 168 valence electrons. The minimum absolute atomic E-state index is 0.0750. The quantitative estimate of drug-likeness (QED) is 0.389. The van der Waals surface area contributed by atoms with Gasteiger partial charge < -0.3 is 9.64 Å². The molecule has 1 aromatic carbocycles. The van der Waals surface area contributed by atoms with E-state index in [4.69, 9.17) is 4.74 Å². The predicted octanol–water partition coefficient (Wildman–Crippen LogP) is 4.74. The Morgan fingerprint density at radius 1 is 1.12 bits per heavy atom. The largest absolute Gasteiger partial charge is 0.490 e. The molecule has 2 bridgehead atoms. The van der Waals surface area contributed by atoms with Gasteiger partial charge in [0.25, 0.3) is 5.56 Å². The highest BCUT2D eigenvalue weighted by Crippen LogP contribution is 2.36. The van der Waals surface area contributed by atoms with Gasteiger partial charge in [0.1, 0.15) is 22.9 Å². The normalized spacial score (nSPS) is 22.6. The van der Waals surface area contributed by atoms with Crippen LogP contribution in [0.25, 0.3) is 15.9 Å². The van der Waals surface area contributed by atoms with Gasteiger partial charge in [0.2, 0.25) is 5.78 Å². The smallest absolute Gasteiger partial charge is 0.275 e. The van der Waals surface area contributed by atoms with Crippen LogP contribution in [0.2, 0.25) is 0 Å². The van der Waals surface area contributed by atoms with Gasteiger partial charge in [0.15, 0.2) is 0 Å². The van der Waals surface area contributed by atoms with E-state index < -0.39 is 0 Å². The van der Waals surface area contributed by atoms with Crippen molar-refractivity contribution in [3.8, 4) is 11.4 Å². The Morgan fingerprint density at radius 3 is 2.58 bits per heavy atom. The number of benzene rings is 1. The highest BCUT2D eigenvalue weighted by Gasteiger charge is 2.39. The van der Waals surface area contributed by atoms with E-state index in [0.29, 0.717) is 32.7 Å². The third kappa shape index (κ3) is 3.72. The zero-order valence-corrected chi connectivity index (χ0v) is 19.8. The third-order valence-electron chi connectivity index (χ3n) is 6.92. The molecule has 0 N–H and O–H groups in total. The molecule has 33 heavy (non-hydrogen) atoms. The molecule has 0 radical (unpaired) electrons. The van der Waals surface area contributed by atoms with Crippen molar-refractivity contribution < 1.29 is 9.53 Å². The van der Waals surface area contributed by atoms with E-state index in [2.05, 4.69) is 16.9 Å². The number of piperidine rings is 1. The SMILES string of the molecule is CN1C2CC[C@H]1CC(Oc1ccc(-n3cnc4cc(C(=O)c5ccsc5)sc4c3=O)cc1)C2. The van der Waals surface area contributed by atoms with E-state index in [9.17, 15) is 9.59 Å². The third-order valence-corrected chi connectivity index (χ3v) is 8.71. The van der Waals surface area contributed by atoms with Crippen LogP contribution in [0.3, 0.4) is 0 Å². The van der Waals surface area contributed by atoms with Crippen molar-refractivity contribution in [1.82, 2.24) is 14.5 Å². The van der Waals surface area contributed by atoms with Crippen molar-refractivity contribution >= 4 is 38.7 Å². The molecule has 2 saturated heterocycles. The number of hydrogen-bond acceptors (Lipinski definition) is 7. The summed E-state index contributed by atoms with van der Waals surface area (Å²) in [7, 11) is 2.23. The predicted molar refractivity (Wildman–Crippen MR) is 131 cm³/mol. The Morgan fingerprint density at radius 2 is 1.88 bits per heavy atom. The van der Waals surface area contributed by atoms with Gasteiger partial charge in [-0.1, -0.05) is 0 Å². The van der Waals surface area contributed by atoms with Crippen molar-refractivity contribution in [2.24, 2.45) is 0 Å². The van der Waals surface area contributed by atoms with Crippen LogP contribution in [0, 0.1) is 0 Å². The molecule has 3 aromatic heterocycles. The first-order chi connectivity index (χ1) is 16.1. The highest BCUT2D eigenvalue weighted by atomic mass is 32.1. The van der Waals surface area contributed by atoms with Crippen LogP contribution in [0.5, 0.6) is 5.75 Å². The minimum atomic E-state index is -0.171. The lowest BCUT2D eigenvalue weighted by Crippen LogP contribution is -2.43. The molecule has 3 atom stereocenters. The van der Waals surface area contributed by atoms with Crippen LogP contribution < -0.4 is 10.3 Å². The summed E-state index contributed by atoms with van der Waals surface area (Å²) < 4.78 is 8.29. The topological polar surface area (TPSA) is 64.4 Å². The molecule has 0 aliphatic carbocycles. The lowest BCUT2D eigenvalue weighted by atomic mass is 10.0. The van der Waals surface area contributed by atoms with Crippen LogP contribution in [-0.4, -0.2) is 45.5 Å². The number of nitrogens with zero attached hydrogens (tertiary/aromatic N) is 3. The molecule has 2 fully saturated rings. The fourth-order valence-electron chi connectivity index (χ4n) is 5.08. The molecule has 4 aromatic rings. The molecule has 6 rings (SSSR count). The van der Waals surface area contributed by atoms with Crippen molar-refractivity contribution in [1.29, 1.82) is 0 Å². The summed E-state index contributed by atoms with van der Waals surface area (Å²) in [6.07, 6.45) is 6.44. The second-order valence-electron chi connectivity index (χ2n) is 8.84. The minimum Gasteiger partial charge on any atom is -0.490 e. The molecule has 0 spiro atoms. The number of aromatic nitrogens is 2. The summed E-state index contributed by atoms with van der Waals surface area (Å²) in [6, 6.07) is 12.4. The van der Waals surface area contributed by atoms with E-state index >= 15 is 0 Å². The maximum atomic E-state index is 13.2. The van der Waals surface area contributed by atoms with Gasteiger partial charge in [-0.15, -0.1) is 11.3 Å². The molecule has 2 unspecified atom stereocenters. The Bertz CT molecular complexity index is 1360. The number of fused-ring (bicyclic) bond motifs is 3. The summed E-state index contributed by atoms with van der Waals surface area (Å²) in [6.45, 7) is 0. The van der Waals surface area contributed by atoms with Crippen molar-refractivity contribution in [3.05, 3.63) is 74.3 Å². The van der Waals surface area contributed by atoms with Crippen LogP contribution in [-0.2, 0) is 0 Å². The van der Waals surface area contributed by atoms with E-state index in [1.165, 1.54) is 46.4 Å². The van der Waals surface area contributed by atoms with E-state index in [1.54, 1.807) is 12.1 Å². The maximum Gasteiger partial charge on any atom is 0.275 e. The van der Waals surface area contributed by atoms with Gasteiger partial charge in [-0.25, -0.2) is 4.98 Å². The van der Waals surface area contributed by atoms with Crippen LogP contribution in [0.4, 0.5) is 0 Å². The Kier molecular flexibility index (Phi) is 5.16. The van der Waals surface area contributed by atoms with Gasteiger partial charge in [0, 0.05) is 23.0 Å². The first kappa shape index (κ1) is 20.8. The molecule has 0 amide bonds. The average Bonchev–Trinajstić information content (AvgIpc) is 3.54. The summed E-state index contributed by atoms with van der Waals surface area (Å²) in [5, 5.41) is 3.69. The lowest BCUT2D eigenvalue weighted by molar-refractivity contribution is 0.0661. The Labute approximate surface area is 199 Å². The number of ketones is 1. The first-order valence-corrected chi connectivity index (χ1v) is 12.9. The standard InChI is InChI=1S/C25H23N3O3S2/c1-27-17-2-3-18(27)11-20(10-17)31-19-6-4-16(5-7-19)28-14-26-21-12-22(33-24(21)25(28)30)23(29)15-8-9-32-13-15/h4-9,12-14,17-18,20H,2-3,10-11H2,1H3/t17-,18?,20?/m0/s1. The zero-order chi connectivity index (χ0) is 22.5. The highest BCUT2D eigenvalue weighted by molar-refractivity contribution is 7.21. The van der Waals surface area contributed by atoms with Crippen LogP contribution in [0.15, 0.2) is 58.3 Å². The Hall–Kier alpha value is -2.81. The van der Waals surface area contributed by atoms with Gasteiger partial charge in [-0.05, 0) is 74.5 Å². The average molecular weight is 478 g/mol. The molecule has 5 heterocycles. The van der Waals surface area contributed by atoms with Crippen molar-refractivity contribution in [2.45, 2.75) is 43.9 Å². The van der Waals surface area contributed by atoms with Crippen LogP contribution in [0.1, 0.15) is 40.9 Å². The van der Waals surface area contributed by atoms with Gasteiger partial charge >= 0.3 is 0 Å². The van der Waals surface area contributed by atoms with Gasteiger partial charge in [-0.2, -0.15) is 11.3 Å². The summed E-state index contributed by atoms with van der Waals surface area (Å²) in [5.74, 6) is 0.753. The fraction of sp³-hybridized carbons (Fsp3) is 0.320. The van der Waals surface area contributed by atoms with Gasteiger partial charge in [0.05, 0.1) is 16.1 Å².